The fourth-order valence-electron chi connectivity index (χ4n) is 2.61. The number of nitrogens with one attached hydrogen (secondary N) is 1. The normalized spacial score (nSPS) is 11.7. The molecule has 122 valence electrons. The van der Waals surface area contributed by atoms with Gasteiger partial charge in [-0.05, 0) is 42.3 Å². The molecule has 1 heterocycles. The lowest BCUT2D eigenvalue weighted by Crippen LogP contribution is -2.09. The van der Waals surface area contributed by atoms with Gasteiger partial charge in [-0.1, -0.05) is 43.3 Å². The van der Waals surface area contributed by atoms with Gasteiger partial charge in [0.15, 0.2) is 0 Å². The van der Waals surface area contributed by atoms with Crippen molar-refractivity contribution in [1.82, 2.24) is 4.98 Å². The Balaban J connectivity index is 1.59. The second-order valence-electron chi connectivity index (χ2n) is 5.69. The van der Waals surface area contributed by atoms with Crippen LogP contribution in [-0.4, -0.2) is 4.98 Å². The highest BCUT2D eigenvalue weighted by Crippen LogP contribution is 2.24. The Bertz CT molecular complexity index is 727. The van der Waals surface area contributed by atoms with Crippen molar-refractivity contribution < 1.29 is 4.74 Å². The highest BCUT2D eigenvalue weighted by atomic mass is 16.5. The van der Waals surface area contributed by atoms with Crippen molar-refractivity contribution in [2.75, 3.05) is 5.32 Å². The lowest BCUT2D eigenvalue weighted by atomic mass is 10.0. The van der Waals surface area contributed by atoms with E-state index in [0.29, 0.717) is 12.6 Å². The minimum Gasteiger partial charge on any atom is -0.489 e. The molecule has 1 atom stereocenters. The summed E-state index contributed by atoms with van der Waals surface area (Å²) < 4.78 is 5.80. The van der Waals surface area contributed by atoms with E-state index in [2.05, 4.69) is 53.6 Å². The van der Waals surface area contributed by atoms with E-state index in [0.717, 1.165) is 23.4 Å². The summed E-state index contributed by atoms with van der Waals surface area (Å²) in [6, 6.07) is 22.9. The van der Waals surface area contributed by atoms with E-state index in [1.165, 1.54) is 5.56 Å². The number of anilines is 1. The van der Waals surface area contributed by atoms with E-state index in [9.17, 15) is 0 Å². The maximum absolute atomic E-state index is 5.80. The molecule has 0 aliphatic heterocycles. The molecule has 0 spiro atoms. The number of pyridine rings is 1. The second-order valence-corrected chi connectivity index (χ2v) is 5.69. The largest absolute Gasteiger partial charge is 0.489 e. The maximum Gasteiger partial charge on any atom is 0.119 e. The predicted molar refractivity (Wildman–Crippen MR) is 98.1 cm³/mol. The first kappa shape index (κ1) is 16.1. The predicted octanol–water partition coefficient (Wildman–Crippen LogP) is 5.22. The summed E-state index contributed by atoms with van der Waals surface area (Å²) in [4.78, 5) is 4.09. The van der Waals surface area contributed by atoms with Gasteiger partial charge in [-0.2, -0.15) is 0 Å². The molecule has 2 aromatic carbocycles. The zero-order chi connectivity index (χ0) is 16.6. The van der Waals surface area contributed by atoms with Crippen molar-refractivity contribution >= 4 is 5.69 Å². The van der Waals surface area contributed by atoms with Crippen molar-refractivity contribution in [3.63, 3.8) is 0 Å². The smallest absolute Gasteiger partial charge is 0.119 e. The van der Waals surface area contributed by atoms with Gasteiger partial charge >= 0.3 is 0 Å². The minimum absolute atomic E-state index is 0.313. The molecular weight excluding hydrogens is 296 g/mol. The Morgan fingerprint density at radius 1 is 0.958 bits per heavy atom. The Morgan fingerprint density at radius 2 is 1.75 bits per heavy atom. The topological polar surface area (TPSA) is 34.1 Å². The molecule has 3 aromatic rings. The molecule has 1 unspecified atom stereocenters. The molecular formula is C21H22N2O. The van der Waals surface area contributed by atoms with E-state index in [1.54, 1.807) is 6.20 Å². The van der Waals surface area contributed by atoms with Crippen molar-refractivity contribution in [3.8, 4) is 5.75 Å². The van der Waals surface area contributed by atoms with Crippen LogP contribution in [0.2, 0.25) is 0 Å². The summed E-state index contributed by atoms with van der Waals surface area (Å²) in [6.45, 7) is 2.72. The van der Waals surface area contributed by atoms with Gasteiger partial charge in [0.05, 0.1) is 6.04 Å². The Morgan fingerprint density at radius 3 is 2.42 bits per heavy atom. The standard InChI is InChI=1S/C21H22N2O/c1-2-21(18-8-4-3-5-9-18)23-19-10-12-20(13-11-19)24-16-17-7-6-14-22-15-17/h3-15,21,23H,2,16H2,1H3. The number of aromatic nitrogens is 1. The van der Waals surface area contributed by atoms with Gasteiger partial charge in [0, 0.05) is 23.6 Å². The maximum atomic E-state index is 5.80. The van der Waals surface area contributed by atoms with Gasteiger partial charge in [-0.25, -0.2) is 0 Å². The van der Waals surface area contributed by atoms with E-state index >= 15 is 0 Å². The third-order valence-corrected chi connectivity index (χ3v) is 3.93. The van der Waals surface area contributed by atoms with Crippen LogP contribution in [0.25, 0.3) is 0 Å². The summed E-state index contributed by atoms with van der Waals surface area (Å²) in [5, 5.41) is 3.58. The molecule has 0 aliphatic carbocycles. The molecule has 24 heavy (non-hydrogen) atoms. The second kappa shape index (κ2) is 8.16. The highest BCUT2D eigenvalue weighted by Gasteiger charge is 2.08. The SMILES string of the molecule is CCC(Nc1ccc(OCc2cccnc2)cc1)c1ccccc1. The van der Waals surface area contributed by atoms with E-state index in [1.807, 2.05) is 36.5 Å². The number of ether oxygens (including phenoxy) is 1. The number of hydrogen-bond donors (Lipinski definition) is 1. The molecule has 0 saturated heterocycles. The van der Waals surface area contributed by atoms with Crippen LogP contribution >= 0.6 is 0 Å². The summed E-state index contributed by atoms with van der Waals surface area (Å²) >= 11 is 0. The number of rotatable bonds is 7. The molecule has 0 radical (unpaired) electrons. The average Bonchev–Trinajstić information content (AvgIpc) is 2.67. The third kappa shape index (κ3) is 4.35. The first-order chi connectivity index (χ1) is 11.8. The van der Waals surface area contributed by atoms with Crippen LogP contribution in [-0.2, 0) is 6.61 Å². The number of benzene rings is 2. The number of nitrogens with zero attached hydrogens (tertiary/aromatic N) is 1. The summed E-state index contributed by atoms with van der Waals surface area (Å²) in [5.41, 5.74) is 3.46. The van der Waals surface area contributed by atoms with Crippen LogP contribution in [0.4, 0.5) is 5.69 Å². The molecule has 0 aliphatic rings. The van der Waals surface area contributed by atoms with Crippen molar-refractivity contribution in [3.05, 3.63) is 90.3 Å². The highest BCUT2D eigenvalue weighted by molar-refractivity contribution is 5.48. The Labute approximate surface area is 143 Å². The molecule has 0 bridgehead atoms. The monoisotopic (exact) mass is 318 g/mol. The first-order valence-electron chi connectivity index (χ1n) is 8.28. The van der Waals surface area contributed by atoms with Crippen LogP contribution in [0.15, 0.2) is 79.1 Å². The molecule has 0 saturated carbocycles. The third-order valence-electron chi connectivity index (χ3n) is 3.93. The van der Waals surface area contributed by atoms with Gasteiger partial charge < -0.3 is 10.1 Å². The first-order valence-corrected chi connectivity index (χ1v) is 8.28. The van der Waals surface area contributed by atoms with Crippen LogP contribution in [0.3, 0.4) is 0 Å². The molecule has 3 heteroatoms. The summed E-state index contributed by atoms with van der Waals surface area (Å²) in [7, 11) is 0. The molecule has 3 nitrogen and oxygen atoms in total. The fourth-order valence-corrected chi connectivity index (χ4v) is 2.61. The van der Waals surface area contributed by atoms with Crippen molar-refractivity contribution in [1.29, 1.82) is 0 Å². The molecule has 1 aromatic heterocycles. The van der Waals surface area contributed by atoms with E-state index in [4.69, 9.17) is 4.74 Å². The Hall–Kier alpha value is -2.81. The lowest BCUT2D eigenvalue weighted by molar-refractivity contribution is 0.306. The minimum atomic E-state index is 0.313. The van der Waals surface area contributed by atoms with Crippen LogP contribution in [0.1, 0.15) is 30.5 Å². The van der Waals surface area contributed by atoms with Crippen LogP contribution < -0.4 is 10.1 Å². The van der Waals surface area contributed by atoms with Crippen molar-refractivity contribution in [2.24, 2.45) is 0 Å². The van der Waals surface area contributed by atoms with E-state index < -0.39 is 0 Å². The van der Waals surface area contributed by atoms with Gasteiger partial charge in [0.2, 0.25) is 0 Å². The number of hydrogen-bond acceptors (Lipinski definition) is 3. The van der Waals surface area contributed by atoms with Gasteiger partial charge in [-0.3, -0.25) is 4.98 Å². The molecule has 0 fully saturated rings. The van der Waals surface area contributed by atoms with Gasteiger partial charge in [-0.15, -0.1) is 0 Å². The quantitative estimate of drug-likeness (QED) is 0.648. The fraction of sp³-hybridized carbons (Fsp3) is 0.190. The summed E-state index contributed by atoms with van der Waals surface area (Å²) in [6.07, 6.45) is 4.62. The van der Waals surface area contributed by atoms with Crippen LogP contribution in [0, 0.1) is 0 Å². The Kier molecular flexibility index (Phi) is 5.46. The molecule has 3 rings (SSSR count). The molecule has 0 amide bonds. The van der Waals surface area contributed by atoms with Gasteiger partial charge in [0.1, 0.15) is 12.4 Å². The summed E-state index contributed by atoms with van der Waals surface area (Å²) in [5.74, 6) is 0.858. The van der Waals surface area contributed by atoms with Crippen molar-refractivity contribution in [2.45, 2.75) is 26.0 Å². The molecule has 1 N–H and O–H groups in total. The van der Waals surface area contributed by atoms with Crippen LogP contribution in [0.5, 0.6) is 5.75 Å². The average molecular weight is 318 g/mol. The van der Waals surface area contributed by atoms with E-state index in [-0.39, 0.29) is 0 Å². The lowest BCUT2D eigenvalue weighted by Gasteiger charge is -2.19. The van der Waals surface area contributed by atoms with Gasteiger partial charge in [0.25, 0.3) is 0 Å². The zero-order valence-corrected chi connectivity index (χ0v) is 13.9. The zero-order valence-electron chi connectivity index (χ0n) is 13.9.